The molecule has 0 bridgehead atoms. The lowest BCUT2D eigenvalue weighted by molar-refractivity contribution is 1.22. The lowest BCUT2D eigenvalue weighted by Crippen LogP contribution is -1.89. The molecule has 0 aliphatic heterocycles. The zero-order valence-electron chi connectivity index (χ0n) is 8.64. The Morgan fingerprint density at radius 2 is 2.12 bits per heavy atom. The second kappa shape index (κ2) is 5.23. The van der Waals surface area contributed by atoms with Gasteiger partial charge in [-0.1, -0.05) is 28.1 Å². The normalized spacial score (nSPS) is 10.9. The third kappa shape index (κ3) is 3.15. The van der Waals surface area contributed by atoms with Gasteiger partial charge in [0, 0.05) is 9.85 Å². The van der Waals surface area contributed by atoms with Crippen molar-refractivity contribution < 1.29 is 0 Å². The van der Waals surface area contributed by atoms with Crippen LogP contribution in [0.4, 0.5) is 5.13 Å². The van der Waals surface area contributed by atoms with Crippen LogP contribution in [0.5, 0.6) is 0 Å². The van der Waals surface area contributed by atoms with Gasteiger partial charge in [0.25, 0.3) is 0 Å². The van der Waals surface area contributed by atoms with Crippen molar-refractivity contribution in [3.05, 3.63) is 45.4 Å². The van der Waals surface area contributed by atoms with Gasteiger partial charge in [-0.25, -0.2) is 4.98 Å². The van der Waals surface area contributed by atoms with Crippen LogP contribution >= 0.6 is 27.3 Å². The average Bonchev–Trinajstić information content (AvgIpc) is 2.67. The van der Waals surface area contributed by atoms with Crippen molar-refractivity contribution in [1.29, 1.82) is 0 Å². The molecule has 1 aromatic heterocycles. The number of aromatic nitrogens is 1. The molecule has 0 amide bonds. The Bertz CT molecular complexity index is 490. The fourth-order valence-electron chi connectivity index (χ4n) is 1.12. The molecule has 0 spiro atoms. The van der Waals surface area contributed by atoms with E-state index in [0.29, 0.717) is 0 Å². The summed E-state index contributed by atoms with van der Waals surface area (Å²) in [6.07, 6.45) is 1.77. The summed E-state index contributed by atoms with van der Waals surface area (Å²) in [4.78, 5) is 4.24. The molecule has 5 heteroatoms. The summed E-state index contributed by atoms with van der Waals surface area (Å²) < 4.78 is 1.06. The van der Waals surface area contributed by atoms with Crippen molar-refractivity contribution in [2.75, 3.05) is 5.43 Å². The van der Waals surface area contributed by atoms with E-state index in [4.69, 9.17) is 0 Å². The van der Waals surface area contributed by atoms with Crippen LogP contribution in [0, 0.1) is 6.92 Å². The minimum absolute atomic E-state index is 0.811. The van der Waals surface area contributed by atoms with Gasteiger partial charge < -0.3 is 0 Å². The molecule has 0 radical (unpaired) electrons. The molecule has 3 nitrogen and oxygen atoms in total. The second-order valence-corrected chi connectivity index (χ2v) is 4.99. The van der Waals surface area contributed by atoms with Crippen LogP contribution < -0.4 is 5.43 Å². The number of halogens is 1. The molecule has 0 unspecified atom stereocenters. The molecule has 16 heavy (non-hydrogen) atoms. The van der Waals surface area contributed by atoms with E-state index in [-0.39, 0.29) is 0 Å². The summed E-state index contributed by atoms with van der Waals surface area (Å²) in [7, 11) is 0. The maximum absolute atomic E-state index is 4.24. The first-order chi connectivity index (χ1) is 7.74. The Hall–Kier alpha value is -1.20. The zero-order valence-corrected chi connectivity index (χ0v) is 11.0. The number of thiazole rings is 1. The maximum atomic E-state index is 4.24. The van der Waals surface area contributed by atoms with Gasteiger partial charge in [-0.3, -0.25) is 5.43 Å². The maximum Gasteiger partial charge on any atom is 0.203 e. The Balaban J connectivity index is 1.97. The fraction of sp³-hybridized carbons (Fsp3) is 0.0909. The number of benzene rings is 1. The minimum atomic E-state index is 0.811. The monoisotopic (exact) mass is 295 g/mol. The van der Waals surface area contributed by atoms with Gasteiger partial charge in [0.2, 0.25) is 5.13 Å². The van der Waals surface area contributed by atoms with Crippen LogP contribution in [0.3, 0.4) is 0 Å². The van der Waals surface area contributed by atoms with E-state index in [2.05, 4.69) is 31.4 Å². The fourth-order valence-corrected chi connectivity index (χ4v) is 2.02. The molecule has 1 N–H and O–H groups in total. The van der Waals surface area contributed by atoms with Crippen LogP contribution in [0.2, 0.25) is 0 Å². The van der Waals surface area contributed by atoms with E-state index < -0.39 is 0 Å². The highest BCUT2D eigenvalue weighted by atomic mass is 79.9. The Kier molecular flexibility index (Phi) is 3.69. The van der Waals surface area contributed by atoms with E-state index in [1.807, 2.05) is 36.6 Å². The predicted molar refractivity (Wildman–Crippen MR) is 72.2 cm³/mol. The number of nitrogens with one attached hydrogen (secondary N) is 1. The SMILES string of the molecule is Cc1csc(NN=Cc2ccc(Br)cc2)n1. The molecule has 0 aliphatic rings. The lowest BCUT2D eigenvalue weighted by Gasteiger charge is -1.94. The highest BCUT2D eigenvalue weighted by Crippen LogP contribution is 2.14. The van der Waals surface area contributed by atoms with Gasteiger partial charge >= 0.3 is 0 Å². The van der Waals surface area contributed by atoms with Crippen molar-refractivity contribution >= 4 is 38.6 Å². The minimum Gasteiger partial charge on any atom is -0.253 e. The van der Waals surface area contributed by atoms with Crippen molar-refractivity contribution in [3.8, 4) is 0 Å². The van der Waals surface area contributed by atoms with Gasteiger partial charge in [-0.15, -0.1) is 11.3 Å². The van der Waals surface area contributed by atoms with Crippen LogP contribution in [0.15, 0.2) is 39.2 Å². The van der Waals surface area contributed by atoms with Gasteiger partial charge in [-0.2, -0.15) is 5.10 Å². The van der Waals surface area contributed by atoms with Gasteiger partial charge in [0.1, 0.15) is 0 Å². The summed E-state index contributed by atoms with van der Waals surface area (Å²) in [6, 6.07) is 7.94. The largest absolute Gasteiger partial charge is 0.253 e. The number of hydrogen-bond donors (Lipinski definition) is 1. The number of hydrazone groups is 1. The Morgan fingerprint density at radius 1 is 1.38 bits per heavy atom. The standard InChI is InChI=1S/C11H10BrN3S/c1-8-7-16-11(14-8)15-13-6-9-2-4-10(12)5-3-9/h2-7H,1H3,(H,14,15). The zero-order chi connectivity index (χ0) is 11.4. The topological polar surface area (TPSA) is 37.3 Å². The summed E-state index contributed by atoms with van der Waals surface area (Å²) in [5.41, 5.74) is 4.94. The van der Waals surface area contributed by atoms with Crippen LogP contribution in [0.25, 0.3) is 0 Å². The van der Waals surface area contributed by atoms with Crippen LogP contribution in [0.1, 0.15) is 11.3 Å². The number of hydrogen-bond acceptors (Lipinski definition) is 4. The Morgan fingerprint density at radius 3 is 2.75 bits per heavy atom. The molecule has 0 saturated heterocycles. The average molecular weight is 296 g/mol. The number of aryl methyl sites for hydroxylation is 1. The number of anilines is 1. The summed E-state index contributed by atoms with van der Waals surface area (Å²) >= 11 is 4.93. The first-order valence-electron chi connectivity index (χ1n) is 4.71. The quantitative estimate of drug-likeness (QED) is 0.693. The lowest BCUT2D eigenvalue weighted by atomic mass is 10.2. The first-order valence-corrected chi connectivity index (χ1v) is 6.38. The molecule has 0 aliphatic carbocycles. The molecular weight excluding hydrogens is 286 g/mol. The van der Waals surface area contributed by atoms with E-state index in [9.17, 15) is 0 Å². The first kappa shape index (κ1) is 11.3. The van der Waals surface area contributed by atoms with E-state index in [1.165, 1.54) is 0 Å². The molecule has 0 fully saturated rings. The third-order valence-electron chi connectivity index (χ3n) is 1.86. The molecular formula is C11H10BrN3S. The summed E-state index contributed by atoms with van der Waals surface area (Å²) in [6.45, 7) is 1.96. The molecule has 1 aromatic carbocycles. The number of nitrogens with zero attached hydrogens (tertiary/aromatic N) is 2. The van der Waals surface area contributed by atoms with E-state index in [0.717, 1.165) is 20.9 Å². The van der Waals surface area contributed by atoms with Gasteiger partial charge in [-0.05, 0) is 24.6 Å². The van der Waals surface area contributed by atoms with Crippen molar-refractivity contribution in [2.45, 2.75) is 6.92 Å². The molecule has 0 saturated carbocycles. The van der Waals surface area contributed by atoms with Crippen molar-refractivity contribution in [1.82, 2.24) is 4.98 Å². The Labute approximate surface area is 106 Å². The van der Waals surface area contributed by atoms with Crippen molar-refractivity contribution in [3.63, 3.8) is 0 Å². The van der Waals surface area contributed by atoms with E-state index >= 15 is 0 Å². The molecule has 1 heterocycles. The van der Waals surface area contributed by atoms with Gasteiger partial charge in [0.05, 0.1) is 11.9 Å². The predicted octanol–water partition coefficient (Wildman–Crippen LogP) is 3.66. The van der Waals surface area contributed by atoms with Gasteiger partial charge in [0.15, 0.2) is 0 Å². The highest BCUT2D eigenvalue weighted by Gasteiger charge is 1.94. The second-order valence-electron chi connectivity index (χ2n) is 3.22. The third-order valence-corrected chi connectivity index (χ3v) is 3.26. The van der Waals surface area contributed by atoms with Crippen molar-refractivity contribution in [2.24, 2.45) is 5.10 Å². The van der Waals surface area contributed by atoms with Crippen LogP contribution in [-0.4, -0.2) is 11.2 Å². The summed E-state index contributed by atoms with van der Waals surface area (Å²) in [5.74, 6) is 0. The molecule has 0 atom stereocenters. The van der Waals surface area contributed by atoms with E-state index in [1.54, 1.807) is 17.6 Å². The molecule has 2 aromatic rings. The molecule has 2 rings (SSSR count). The summed E-state index contributed by atoms with van der Waals surface area (Å²) in [5, 5.41) is 6.91. The highest BCUT2D eigenvalue weighted by molar-refractivity contribution is 9.10. The smallest absolute Gasteiger partial charge is 0.203 e. The molecule has 82 valence electrons. The number of rotatable bonds is 3. The van der Waals surface area contributed by atoms with Crippen LogP contribution in [-0.2, 0) is 0 Å².